The average Bonchev–Trinajstić information content (AvgIpc) is 2.97. The van der Waals surface area contributed by atoms with Crippen molar-refractivity contribution in [3.63, 3.8) is 0 Å². The molecule has 1 aliphatic heterocycles. The van der Waals surface area contributed by atoms with Crippen molar-refractivity contribution in [2.24, 2.45) is 5.73 Å². The van der Waals surface area contributed by atoms with E-state index in [1.54, 1.807) is 4.90 Å². The van der Waals surface area contributed by atoms with Crippen molar-refractivity contribution in [2.75, 3.05) is 18.4 Å². The standard InChI is InChI=1S/C19H25N3O3S/c1-19(2,3)25-18(24)22-8-6-13(7-9-22)21-14-4-5-15-12(10-14)11-16(26-15)17(20)23/h4-5,10-11,13,21H,6-9H2,1-3H3,(H2,20,23). The van der Waals surface area contributed by atoms with Crippen LogP contribution < -0.4 is 11.1 Å². The lowest BCUT2D eigenvalue weighted by Crippen LogP contribution is -2.44. The van der Waals surface area contributed by atoms with E-state index >= 15 is 0 Å². The number of hydrogen-bond acceptors (Lipinski definition) is 5. The first-order valence-corrected chi connectivity index (χ1v) is 9.61. The van der Waals surface area contributed by atoms with Gasteiger partial charge in [0.2, 0.25) is 0 Å². The Morgan fingerprint density at radius 1 is 1.23 bits per heavy atom. The smallest absolute Gasteiger partial charge is 0.410 e. The van der Waals surface area contributed by atoms with E-state index in [4.69, 9.17) is 10.5 Å². The fourth-order valence-corrected chi connectivity index (χ4v) is 3.92. The number of benzene rings is 1. The van der Waals surface area contributed by atoms with Gasteiger partial charge in [-0.3, -0.25) is 4.79 Å². The Kier molecular flexibility index (Phi) is 5.09. The summed E-state index contributed by atoms with van der Waals surface area (Å²) in [6, 6.07) is 8.20. The van der Waals surface area contributed by atoms with Crippen molar-refractivity contribution in [3.8, 4) is 0 Å². The molecule has 0 bridgehead atoms. The van der Waals surface area contributed by atoms with Crippen molar-refractivity contribution in [1.82, 2.24) is 4.90 Å². The third kappa shape index (κ3) is 4.46. The quantitative estimate of drug-likeness (QED) is 0.854. The second-order valence-electron chi connectivity index (χ2n) is 7.61. The van der Waals surface area contributed by atoms with E-state index < -0.39 is 11.5 Å². The van der Waals surface area contributed by atoms with Crippen LogP contribution in [0.25, 0.3) is 10.1 Å². The van der Waals surface area contributed by atoms with Gasteiger partial charge in [-0.05, 0) is 63.3 Å². The number of nitrogens with zero attached hydrogens (tertiary/aromatic N) is 1. The van der Waals surface area contributed by atoms with Crippen LogP contribution in [-0.4, -0.2) is 41.6 Å². The van der Waals surface area contributed by atoms with Crippen molar-refractivity contribution in [2.45, 2.75) is 45.3 Å². The molecule has 2 aromatic rings. The van der Waals surface area contributed by atoms with Gasteiger partial charge in [0, 0.05) is 29.5 Å². The molecule has 7 heteroatoms. The van der Waals surface area contributed by atoms with Crippen LogP contribution >= 0.6 is 11.3 Å². The predicted molar refractivity (Wildman–Crippen MR) is 105 cm³/mol. The van der Waals surface area contributed by atoms with Gasteiger partial charge in [-0.1, -0.05) is 0 Å². The van der Waals surface area contributed by atoms with Crippen LogP contribution in [0, 0.1) is 0 Å². The van der Waals surface area contributed by atoms with Gasteiger partial charge in [-0.2, -0.15) is 0 Å². The molecule has 0 radical (unpaired) electrons. The van der Waals surface area contributed by atoms with Gasteiger partial charge in [-0.25, -0.2) is 4.79 Å². The van der Waals surface area contributed by atoms with Crippen LogP contribution in [0.15, 0.2) is 24.3 Å². The summed E-state index contributed by atoms with van der Waals surface area (Å²) in [5, 5.41) is 4.54. The zero-order valence-corrected chi connectivity index (χ0v) is 16.2. The molecule has 6 nitrogen and oxygen atoms in total. The lowest BCUT2D eigenvalue weighted by atomic mass is 10.0. The number of thiophene rings is 1. The molecule has 0 spiro atoms. The fraction of sp³-hybridized carbons (Fsp3) is 0.474. The number of rotatable bonds is 3. The number of carbonyl (C=O) groups is 2. The van der Waals surface area contributed by atoms with Crippen LogP contribution in [0.5, 0.6) is 0 Å². The number of anilines is 1. The molecule has 0 aliphatic carbocycles. The van der Waals surface area contributed by atoms with E-state index in [-0.39, 0.29) is 6.09 Å². The van der Waals surface area contributed by atoms with Crippen LogP contribution in [0.1, 0.15) is 43.3 Å². The molecule has 3 N–H and O–H groups in total. The van der Waals surface area contributed by atoms with Crippen molar-refractivity contribution < 1.29 is 14.3 Å². The number of carbonyl (C=O) groups excluding carboxylic acids is 2. The second-order valence-corrected chi connectivity index (χ2v) is 8.70. The van der Waals surface area contributed by atoms with Crippen LogP contribution in [0.2, 0.25) is 0 Å². The highest BCUT2D eigenvalue weighted by atomic mass is 32.1. The number of likely N-dealkylation sites (tertiary alicyclic amines) is 1. The zero-order valence-electron chi connectivity index (χ0n) is 15.4. The highest BCUT2D eigenvalue weighted by Crippen LogP contribution is 2.29. The molecule has 0 atom stereocenters. The number of nitrogens with one attached hydrogen (secondary N) is 1. The minimum absolute atomic E-state index is 0.241. The molecule has 26 heavy (non-hydrogen) atoms. The number of ether oxygens (including phenoxy) is 1. The number of piperidine rings is 1. The molecule has 140 valence electrons. The first-order valence-electron chi connectivity index (χ1n) is 8.79. The molecule has 2 heterocycles. The van der Waals surface area contributed by atoms with Gasteiger partial charge in [0.1, 0.15) is 5.60 Å². The van der Waals surface area contributed by atoms with Gasteiger partial charge in [0.05, 0.1) is 4.88 Å². The number of nitrogens with two attached hydrogens (primary N) is 1. The summed E-state index contributed by atoms with van der Waals surface area (Å²) in [6.45, 7) is 6.99. The summed E-state index contributed by atoms with van der Waals surface area (Å²) in [6.07, 6.45) is 1.50. The van der Waals surface area contributed by atoms with Gasteiger partial charge in [0.15, 0.2) is 0 Å². The number of hydrogen-bond donors (Lipinski definition) is 2. The Morgan fingerprint density at radius 3 is 2.54 bits per heavy atom. The topological polar surface area (TPSA) is 84.7 Å². The summed E-state index contributed by atoms with van der Waals surface area (Å²) >= 11 is 1.41. The summed E-state index contributed by atoms with van der Waals surface area (Å²) in [5.41, 5.74) is 5.90. The van der Waals surface area contributed by atoms with Crippen LogP contribution in [0.4, 0.5) is 10.5 Å². The maximum Gasteiger partial charge on any atom is 0.410 e. The lowest BCUT2D eigenvalue weighted by Gasteiger charge is -2.34. The van der Waals surface area contributed by atoms with Gasteiger partial charge in [0.25, 0.3) is 5.91 Å². The van der Waals surface area contributed by atoms with Gasteiger partial charge >= 0.3 is 6.09 Å². The third-order valence-corrected chi connectivity index (χ3v) is 5.41. The zero-order chi connectivity index (χ0) is 18.9. The lowest BCUT2D eigenvalue weighted by molar-refractivity contribution is 0.0210. The highest BCUT2D eigenvalue weighted by Gasteiger charge is 2.26. The highest BCUT2D eigenvalue weighted by molar-refractivity contribution is 7.20. The maximum absolute atomic E-state index is 12.1. The summed E-state index contributed by atoms with van der Waals surface area (Å²) in [5.74, 6) is -0.393. The van der Waals surface area contributed by atoms with Crippen molar-refractivity contribution >= 4 is 39.1 Å². The predicted octanol–water partition coefficient (Wildman–Crippen LogP) is 3.81. The fourth-order valence-electron chi connectivity index (χ4n) is 3.02. The molecule has 1 aromatic heterocycles. The van der Waals surface area contributed by atoms with E-state index in [0.717, 1.165) is 28.6 Å². The molecule has 1 aliphatic rings. The average molecular weight is 375 g/mol. The van der Waals surface area contributed by atoms with Crippen LogP contribution in [0.3, 0.4) is 0 Å². The Balaban J connectivity index is 1.58. The first-order chi connectivity index (χ1) is 12.2. The Morgan fingerprint density at radius 2 is 1.92 bits per heavy atom. The summed E-state index contributed by atoms with van der Waals surface area (Å²) < 4.78 is 6.48. The molecule has 1 fully saturated rings. The number of fused-ring (bicyclic) bond motifs is 1. The van der Waals surface area contributed by atoms with Crippen molar-refractivity contribution in [1.29, 1.82) is 0 Å². The monoisotopic (exact) mass is 375 g/mol. The van der Waals surface area contributed by atoms with E-state index in [1.807, 2.05) is 45.0 Å². The van der Waals surface area contributed by atoms with Crippen molar-refractivity contribution in [3.05, 3.63) is 29.1 Å². The summed E-state index contributed by atoms with van der Waals surface area (Å²) in [7, 11) is 0. The molecule has 0 saturated carbocycles. The molecule has 1 saturated heterocycles. The first kappa shape index (κ1) is 18.5. The summed E-state index contributed by atoms with van der Waals surface area (Å²) in [4.78, 5) is 25.8. The Hall–Kier alpha value is -2.28. The molecule has 1 aromatic carbocycles. The molecule has 3 rings (SSSR count). The maximum atomic E-state index is 12.1. The minimum Gasteiger partial charge on any atom is -0.444 e. The van der Waals surface area contributed by atoms with E-state index in [9.17, 15) is 9.59 Å². The number of primary amides is 1. The number of amides is 2. The van der Waals surface area contributed by atoms with E-state index in [0.29, 0.717) is 24.0 Å². The van der Waals surface area contributed by atoms with E-state index in [2.05, 4.69) is 5.32 Å². The Labute approximate surface area is 157 Å². The normalized spacial score (nSPS) is 15.9. The molecule has 2 amide bonds. The molecular formula is C19H25N3O3S. The molecule has 0 unspecified atom stereocenters. The van der Waals surface area contributed by atoms with Gasteiger partial charge in [-0.15, -0.1) is 11.3 Å². The third-order valence-electron chi connectivity index (χ3n) is 4.28. The van der Waals surface area contributed by atoms with Crippen LogP contribution in [-0.2, 0) is 4.74 Å². The van der Waals surface area contributed by atoms with Gasteiger partial charge < -0.3 is 20.7 Å². The largest absolute Gasteiger partial charge is 0.444 e. The SMILES string of the molecule is CC(C)(C)OC(=O)N1CCC(Nc2ccc3sc(C(N)=O)cc3c2)CC1. The Bertz CT molecular complexity index is 817. The van der Waals surface area contributed by atoms with E-state index in [1.165, 1.54) is 11.3 Å². The second kappa shape index (κ2) is 7.15. The minimum atomic E-state index is -0.466. The molecular weight excluding hydrogens is 350 g/mol.